The minimum Gasteiger partial charge on any atom is -0.490 e. The fourth-order valence-corrected chi connectivity index (χ4v) is 6.13. The van der Waals surface area contributed by atoms with Crippen LogP contribution in [0.1, 0.15) is 70.5 Å². The van der Waals surface area contributed by atoms with Crippen molar-refractivity contribution in [1.82, 2.24) is 4.90 Å². The molecule has 5 rings (SSSR count). The summed E-state index contributed by atoms with van der Waals surface area (Å²) >= 11 is 0. The standard InChI is InChI=1S/C26H35NO6/c1-3-31-20-9-5-8-18-23-19(25(2,33-24(18)20)11-10-22(29)30)13-26(16-32-23)14-27(15-26)21(28)12-17-6-4-7-17/h5,8-9,17,19,23H,3-4,6-7,10-16H2,1-2H3,(H,29,30)/t19-,23+,25-/m0/s1. The summed E-state index contributed by atoms with van der Waals surface area (Å²) in [6.45, 7) is 6.53. The van der Waals surface area contributed by atoms with Crippen LogP contribution >= 0.6 is 0 Å². The Balaban J connectivity index is 1.36. The third-order valence-corrected chi connectivity index (χ3v) is 8.25. The van der Waals surface area contributed by atoms with E-state index in [1.807, 2.05) is 36.9 Å². The molecule has 7 heteroatoms. The van der Waals surface area contributed by atoms with Crippen LogP contribution < -0.4 is 9.47 Å². The van der Waals surface area contributed by atoms with E-state index in [0.29, 0.717) is 43.5 Å². The highest BCUT2D eigenvalue weighted by atomic mass is 16.5. The molecular formula is C26H35NO6. The second-order valence-electron chi connectivity index (χ2n) is 10.7. The third-order valence-electron chi connectivity index (χ3n) is 8.25. The lowest BCUT2D eigenvalue weighted by Gasteiger charge is -2.59. The smallest absolute Gasteiger partial charge is 0.303 e. The van der Waals surface area contributed by atoms with Crippen molar-refractivity contribution in [2.45, 2.75) is 70.5 Å². The zero-order valence-corrected chi connectivity index (χ0v) is 19.7. The molecule has 1 aliphatic carbocycles. The maximum absolute atomic E-state index is 12.7. The molecule has 7 nitrogen and oxygen atoms in total. The Labute approximate surface area is 195 Å². The zero-order chi connectivity index (χ0) is 23.2. The van der Waals surface area contributed by atoms with Crippen LogP contribution in [0.5, 0.6) is 11.5 Å². The molecule has 4 aliphatic rings. The number of amides is 1. The van der Waals surface area contributed by atoms with Gasteiger partial charge >= 0.3 is 5.97 Å². The largest absolute Gasteiger partial charge is 0.490 e. The van der Waals surface area contributed by atoms with Crippen molar-refractivity contribution in [1.29, 1.82) is 0 Å². The van der Waals surface area contributed by atoms with Crippen LogP contribution in [0.25, 0.3) is 0 Å². The fraction of sp³-hybridized carbons (Fsp3) is 0.692. The normalized spacial score (nSPS) is 29.8. The first-order valence-corrected chi connectivity index (χ1v) is 12.4. The summed E-state index contributed by atoms with van der Waals surface area (Å²) in [6.07, 6.45) is 5.41. The van der Waals surface area contributed by atoms with Crippen molar-refractivity contribution in [3.63, 3.8) is 0 Å². The zero-order valence-electron chi connectivity index (χ0n) is 19.7. The number of benzene rings is 1. The second-order valence-corrected chi connectivity index (χ2v) is 10.7. The molecule has 0 aromatic heterocycles. The number of aliphatic carboxylic acids is 1. The molecule has 0 radical (unpaired) electrons. The van der Waals surface area contributed by atoms with E-state index in [1.165, 1.54) is 19.3 Å². The van der Waals surface area contributed by atoms with Crippen molar-refractivity contribution in [2.75, 3.05) is 26.3 Å². The Kier molecular flexibility index (Phi) is 5.79. The van der Waals surface area contributed by atoms with E-state index in [0.717, 1.165) is 25.1 Å². The topological polar surface area (TPSA) is 85.3 Å². The molecule has 1 spiro atoms. The van der Waals surface area contributed by atoms with Gasteiger partial charge in [-0.1, -0.05) is 18.6 Å². The number of carboxylic acid groups (broad SMARTS) is 1. The number of para-hydroxylation sites is 1. The number of ether oxygens (including phenoxy) is 3. The van der Waals surface area contributed by atoms with E-state index in [9.17, 15) is 14.7 Å². The van der Waals surface area contributed by atoms with E-state index >= 15 is 0 Å². The number of carbonyl (C=O) groups excluding carboxylic acids is 1. The molecule has 1 amide bonds. The van der Waals surface area contributed by atoms with Crippen molar-refractivity contribution in [2.24, 2.45) is 17.3 Å². The molecule has 3 atom stereocenters. The first-order valence-electron chi connectivity index (χ1n) is 12.4. The average Bonchev–Trinajstić information content (AvgIpc) is 2.74. The Hall–Kier alpha value is -2.28. The van der Waals surface area contributed by atoms with Crippen molar-refractivity contribution in [3.05, 3.63) is 23.8 Å². The lowest BCUT2D eigenvalue weighted by molar-refractivity contribution is -0.206. The number of nitrogens with zero attached hydrogens (tertiary/aromatic N) is 1. The van der Waals surface area contributed by atoms with Crippen LogP contribution in [0.4, 0.5) is 0 Å². The van der Waals surface area contributed by atoms with E-state index < -0.39 is 11.6 Å². The minimum atomic E-state index is -0.830. The van der Waals surface area contributed by atoms with Crippen LogP contribution in [-0.2, 0) is 14.3 Å². The van der Waals surface area contributed by atoms with Crippen LogP contribution in [0, 0.1) is 17.3 Å². The van der Waals surface area contributed by atoms with E-state index in [4.69, 9.17) is 14.2 Å². The summed E-state index contributed by atoms with van der Waals surface area (Å²) in [6, 6.07) is 5.88. The van der Waals surface area contributed by atoms with Crippen LogP contribution in [0.15, 0.2) is 18.2 Å². The van der Waals surface area contributed by atoms with E-state index in [1.54, 1.807) is 0 Å². The predicted molar refractivity (Wildman–Crippen MR) is 121 cm³/mol. The molecule has 1 saturated carbocycles. The van der Waals surface area contributed by atoms with Crippen LogP contribution in [-0.4, -0.2) is 53.8 Å². The lowest BCUT2D eigenvalue weighted by atomic mass is 9.63. The number of carboxylic acids is 1. The summed E-state index contributed by atoms with van der Waals surface area (Å²) in [5.74, 6) is 1.38. The van der Waals surface area contributed by atoms with Crippen LogP contribution in [0.3, 0.4) is 0 Å². The van der Waals surface area contributed by atoms with Crippen molar-refractivity contribution in [3.8, 4) is 11.5 Å². The minimum absolute atomic E-state index is 0.0128. The van der Waals surface area contributed by atoms with Gasteiger partial charge in [-0.3, -0.25) is 9.59 Å². The van der Waals surface area contributed by atoms with Gasteiger partial charge in [-0.15, -0.1) is 0 Å². The van der Waals surface area contributed by atoms with Crippen molar-refractivity contribution < 1.29 is 28.9 Å². The predicted octanol–water partition coefficient (Wildman–Crippen LogP) is 4.20. The summed E-state index contributed by atoms with van der Waals surface area (Å²) in [4.78, 5) is 26.1. The number of hydrogen-bond donors (Lipinski definition) is 1. The average molecular weight is 458 g/mol. The molecule has 1 aromatic rings. The molecule has 1 N–H and O–H groups in total. The highest BCUT2D eigenvalue weighted by molar-refractivity contribution is 5.77. The molecule has 2 saturated heterocycles. The maximum atomic E-state index is 12.7. The van der Waals surface area contributed by atoms with Gasteiger partial charge in [-0.2, -0.15) is 0 Å². The molecule has 0 unspecified atom stereocenters. The van der Waals surface area contributed by atoms with Gasteiger partial charge in [0.2, 0.25) is 5.91 Å². The highest BCUT2D eigenvalue weighted by Gasteiger charge is 2.58. The first-order chi connectivity index (χ1) is 15.8. The van der Waals surface area contributed by atoms with Crippen molar-refractivity contribution >= 4 is 11.9 Å². The Morgan fingerprint density at radius 2 is 2.06 bits per heavy atom. The van der Waals surface area contributed by atoms with Gasteiger partial charge in [0.25, 0.3) is 0 Å². The molecule has 0 bridgehead atoms. The van der Waals surface area contributed by atoms with E-state index in [-0.39, 0.29) is 29.8 Å². The fourth-order valence-electron chi connectivity index (χ4n) is 6.13. The quantitative estimate of drug-likeness (QED) is 0.661. The van der Waals surface area contributed by atoms with Gasteiger partial charge in [-0.25, -0.2) is 0 Å². The first kappa shape index (κ1) is 22.5. The molecular weight excluding hydrogens is 422 g/mol. The molecule has 3 fully saturated rings. The summed E-state index contributed by atoms with van der Waals surface area (Å²) in [7, 11) is 0. The summed E-state index contributed by atoms with van der Waals surface area (Å²) in [5.41, 5.74) is 0.220. The van der Waals surface area contributed by atoms with Gasteiger partial charge in [0.1, 0.15) is 5.60 Å². The molecule has 33 heavy (non-hydrogen) atoms. The van der Waals surface area contributed by atoms with Gasteiger partial charge in [0.05, 0.1) is 19.3 Å². The number of rotatable bonds is 7. The lowest BCUT2D eigenvalue weighted by Crippen LogP contribution is -2.65. The van der Waals surface area contributed by atoms with Gasteiger partial charge in [0, 0.05) is 42.8 Å². The second kappa shape index (κ2) is 8.49. The third kappa shape index (κ3) is 4.09. The maximum Gasteiger partial charge on any atom is 0.303 e. The Morgan fingerprint density at radius 1 is 1.27 bits per heavy atom. The molecule has 3 aliphatic heterocycles. The monoisotopic (exact) mass is 457 g/mol. The Bertz CT molecular complexity index is 921. The SMILES string of the molecule is CCOc1cccc2c1O[C@@](C)(CCC(=O)O)[C@H]1CC3(CO[C@H]21)CN(C(=O)CC1CCC1)C3. The van der Waals surface area contributed by atoms with E-state index in [2.05, 4.69) is 0 Å². The molecule has 1 aromatic carbocycles. The highest BCUT2D eigenvalue weighted by Crippen LogP contribution is 2.58. The molecule has 180 valence electrons. The number of hydrogen-bond acceptors (Lipinski definition) is 5. The number of carbonyl (C=O) groups is 2. The summed E-state index contributed by atoms with van der Waals surface area (Å²) in [5, 5.41) is 9.39. The number of fused-ring (bicyclic) bond motifs is 3. The number of likely N-dealkylation sites (tertiary alicyclic amines) is 1. The van der Waals surface area contributed by atoms with Gasteiger partial charge < -0.3 is 24.2 Å². The van der Waals surface area contributed by atoms with Gasteiger partial charge in [-0.05, 0) is 51.5 Å². The van der Waals surface area contributed by atoms with Gasteiger partial charge in [0.15, 0.2) is 11.5 Å². The Morgan fingerprint density at radius 3 is 2.73 bits per heavy atom. The molecule has 3 heterocycles. The van der Waals surface area contributed by atoms with Crippen LogP contribution in [0.2, 0.25) is 0 Å². The summed E-state index contributed by atoms with van der Waals surface area (Å²) < 4.78 is 18.9.